The molecule has 26 heteroatoms. The van der Waals surface area contributed by atoms with Crippen molar-refractivity contribution < 1.29 is 117 Å². The Labute approximate surface area is 373 Å². The average molecular weight is 1010 g/mol. The summed E-state index contributed by atoms with van der Waals surface area (Å²) < 4.78 is 268. The molecule has 0 saturated heterocycles. The smallest absolute Gasteiger partial charge is 0.460 e. The van der Waals surface area contributed by atoms with E-state index in [1.807, 2.05) is 0 Å². The van der Waals surface area contributed by atoms with Crippen molar-refractivity contribution in [2.75, 3.05) is 99.1 Å². The molecule has 0 fully saturated rings. The van der Waals surface area contributed by atoms with Crippen LogP contribution in [0.5, 0.6) is 0 Å². The third-order valence-corrected chi connectivity index (χ3v) is 9.55. The maximum Gasteiger partial charge on any atom is 0.460 e. The minimum Gasteiger partial charge on any atom is -0.463 e. The van der Waals surface area contributed by atoms with Crippen molar-refractivity contribution in [3.8, 4) is 0 Å². The lowest BCUT2D eigenvalue weighted by atomic mass is 9.88. The van der Waals surface area contributed by atoms with Crippen LogP contribution in [0.15, 0.2) is 0 Å². The second kappa shape index (κ2) is 32.0. The number of unbranched alkanes of at least 4 members (excludes halogenated alkanes) is 12. The molecule has 66 heavy (non-hydrogen) atoms. The Morgan fingerprint density at radius 1 is 0.318 bits per heavy atom. The predicted molar refractivity (Wildman–Crippen MR) is 202 cm³/mol. The summed E-state index contributed by atoms with van der Waals surface area (Å²) in [5.41, 5.74) is 0. The molecule has 0 amide bonds. The van der Waals surface area contributed by atoms with Gasteiger partial charge in [-0.3, -0.25) is 4.79 Å². The fourth-order valence-corrected chi connectivity index (χ4v) is 5.55. The largest absolute Gasteiger partial charge is 0.463 e. The Kier molecular flexibility index (Phi) is 31.0. The van der Waals surface area contributed by atoms with Gasteiger partial charge in [0, 0.05) is 12.8 Å². The van der Waals surface area contributed by atoms with Crippen LogP contribution in [0.4, 0.5) is 74.6 Å². The summed E-state index contributed by atoms with van der Waals surface area (Å²) in [4.78, 5) is 11.8. The monoisotopic (exact) mass is 1010 g/mol. The minimum atomic E-state index is -8.66. The molecule has 396 valence electrons. The third-order valence-electron chi connectivity index (χ3n) is 9.55. The van der Waals surface area contributed by atoms with Crippen LogP contribution in [0.25, 0.3) is 0 Å². The van der Waals surface area contributed by atoms with Gasteiger partial charge in [-0.15, -0.1) is 0 Å². The number of hydrogen-bond acceptors (Lipinski definition) is 9. The van der Waals surface area contributed by atoms with Gasteiger partial charge in [-0.05, 0) is 6.42 Å². The molecule has 0 atom stereocenters. The van der Waals surface area contributed by atoms with Crippen molar-refractivity contribution in [2.45, 2.75) is 151 Å². The van der Waals surface area contributed by atoms with Gasteiger partial charge >= 0.3 is 53.6 Å². The van der Waals surface area contributed by atoms with Gasteiger partial charge in [-0.25, -0.2) is 0 Å². The molecular weight excluding hydrogens is 947 g/mol. The zero-order chi connectivity index (χ0) is 50.4. The van der Waals surface area contributed by atoms with E-state index < -0.39 is 73.9 Å². The number of hydrogen-bond donors (Lipinski definition) is 0. The Balaban J connectivity index is 3.87. The van der Waals surface area contributed by atoms with E-state index in [0.717, 1.165) is 19.3 Å². The van der Waals surface area contributed by atoms with Crippen LogP contribution >= 0.6 is 0 Å². The highest BCUT2D eigenvalue weighted by atomic mass is 19.4. The molecule has 0 bridgehead atoms. The highest BCUT2D eigenvalue weighted by Gasteiger charge is 2.95. The van der Waals surface area contributed by atoms with Crippen molar-refractivity contribution in [3.05, 3.63) is 0 Å². The lowest BCUT2D eigenvalue weighted by Crippen LogP contribution is -2.74. The number of rotatable bonds is 44. The molecule has 0 aromatic carbocycles. The molecule has 0 saturated carbocycles. The Morgan fingerprint density at radius 3 is 0.894 bits per heavy atom. The lowest BCUT2D eigenvalue weighted by Gasteiger charge is -2.42. The number of halogens is 17. The van der Waals surface area contributed by atoms with Crippen molar-refractivity contribution in [1.82, 2.24) is 0 Å². The standard InChI is InChI=1S/C40H63F17O9/c1-2-3-4-5-6-7-8-9-10-11-12-13-14-15-32(58)66-31-30-65-29-28-64-27-26-63-25-24-62-23-22-61-21-20-60-19-18-59-17-16-33(41,42)34(43,44)35(45,46)36(47,48)37(49,50)38(51,52)39(53,54)40(55,56)57/h2-31H2,1H3. The Hall–Kier alpha value is -2.00. The number of alkyl halides is 17. The number of esters is 1. The Bertz CT molecular complexity index is 1250. The van der Waals surface area contributed by atoms with E-state index in [0.29, 0.717) is 19.6 Å². The normalized spacial score (nSPS) is 13.8. The molecule has 0 aliphatic rings. The summed E-state index contributed by atoms with van der Waals surface area (Å²) >= 11 is 0. The third kappa shape index (κ3) is 21.3. The maximum absolute atomic E-state index is 13.9. The van der Waals surface area contributed by atoms with Gasteiger partial charge < -0.3 is 37.9 Å². The summed E-state index contributed by atoms with van der Waals surface area (Å²) in [5.74, 6) is -56.8. The molecule has 0 radical (unpaired) electrons. The van der Waals surface area contributed by atoms with Crippen LogP contribution < -0.4 is 0 Å². The van der Waals surface area contributed by atoms with E-state index >= 15 is 0 Å². The first kappa shape index (κ1) is 64.0. The van der Waals surface area contributed by atoms with E-state index in [1.165, 1.54) is 64.2 Å². The zero-order valence-electron chi connectivity index (χ0n) is 36.8. The van der Waals surface area contributed by atoms with E-state index in [-0.39, 0.29) is 72.0 Å². The maximum atomic E-state index is 13.9. The highest BCUT2D eigenvalue weighted by molar-refractivity contribution is 5.69. The molecule has 0 N–H and O–H groups in total. The summed E-state index contributed by atoms with van der Waals surface area (Å²) in [6.07, 6.45) is 5.85. The number of carbonyl (C=O) groups is 1. The summed E-state index contributed by atoms with van der Waals surface area (Å²) in [6, 6.07) is 0. The van der Waals surface area contributed by atoms with Crippen LogP contribution in [-0.4, -0.2) is 153 Å². The predicted octanol–water partition coefficient (Wildman–Crippen LogP) is 11.5. The van der Waals surface area contributed by atoms with E-state index in [1.54, 1.807) is 0 Å². The molecule has 0 aliphatic heterocycles. The second-order valence-electron chi connectivity index (χ2n) is 14.9. The molecule has 0 rings (SSSR count). The average Bonchev–Trinajstić information content (AvgIpc) is 3.23. The lowest BCUT2D eigenvalue weighted by molar-refractivity contribution is -0.462. The van der Waals surface area contributed by atoms with Crippen LogP contribution in [0.1, 0.15) is 103 Å². The highest BCUT2D eigenvalue weighted by Crippen LogP contribution is 2.64. The van der Waals surface area contributed by atoms with Gasteiger partial charge in [0.1, 0.15) is 6.61 Å². The summed E-state index contributed by atoms with van der Waals surface area (Å²) in [5, 5.41) is 0. The Morgan fingerprint density at radius 2 is 0.576 bits per heavy atom. The molecule has 0 heterocycles. The molecule has 9 nitrogen and oxygen atoms in total. The molecule has 0 unspecified atom stereocenters. The van der Waals surface area contributed by atoms with Crippen LogP contribution in [0, 0.1) is 0 Å². The molecule has 0 aliphatic carbocycles. The van der Waals surface area contributed by atoms with E-state index in [9.17, 15) is 79.4 Å². The zero-order valence-corrected chi connectivity index (χ0v) is 36.8. The topological polar surface area (TPSA) is 90.9 Å². The molecule has 0 aromatic heterocycles. The first-order valence-corrected chi connectivity index (χ1v) is 21.6. The van der Waals surface area contributed by atoms with Crippen molar-refractivity contribution in [3.63, 3.8) is 0 Å². The van der Waals surface area contributed by atoms with Gasteiger partial charge in [-0.2, -0.15) is 74.6 Å². The molecule has 0 aromatic rings. The molecular formula is C40H63F17O9. The first-order valence-electron chi connectivity index (χ1n) is 21.6. The fraction of sp³-hybridized carbons (Fsp3) is 0.975. The minimum absolute atomic E-state index is 0.0717. The van der Waals surface area contributed by atoms with Crippen LogP contribution in [-0.2, 0) is 42.7 Å². The summed E-state index contributed by atoms with van der Waals surface area (Å²) in [7, 11) is 0. The van der Waals surface area contributed by atoms with Gasteiger partial charge in [0.15, 0.2) is 0 Å². The number of ether oxygens (including phenoxy) is 8. The van der Waals surface area contributed by atoms with Gasteiger partial charge in [0.25, 0.3) is 0 Å². The van der Waals surface area contributed by atoms with Gasteiger partial charge in [-0.1, -0.05) is 84.0 Å². The van der Waals surface area contributed by atoms with Crippen molar-refractivity contribution >= 4 is 5.97 Å². The van der Waals surface area contributed by atoms with Crippen LogP contribution in [0.3, 0.4) is 0 Å². The van der Waals surface area contributed by atoms with E-state index in [2.05, 4.69) is 11.7 Å². The van der Waals surface area contributed by atoms with Crippen molar-refractivity contribution in [2.24, 2.45) is 0 Å². The molecule has 0 spiro atoms. The van der Waals surface area contributed by atoms with E-state index in [4.69, 9.17) is 33.2 Å². The quantitative estimate of drug-likeness (QED) is 0.0336. The SMILES string of the molecule is CCCCCCCCCCCCCCCC(=O)OCCOCCOCCOCCOCCOCCOCCOCCC(F)(F)C(F)(F)C(F)(F)C(F)(F)C(F)(F)C(F)(F)C(F)(F)C(F)(F)F. The number of carbonyl (C=O) groups excluding carboxylic acids is 1. The summed E-state index contributed by atoms with van der Waals surface area (Å²) in [6.45, 7) is 1.25. The second-order valence-corrected chi connectivity index (χ2v) is 14.9. The first-order chi connectivity index (χ1) is 30.7. The van der Waals surface area contributed by atoms with Crippen molar-refractivity contribution in [1.29, 1.82) is 0 Å². The van der Waals surface area contributed by atoms with Crippen LogP contribution in [0.2, 0.25) is 0 Å². The fourth-order valence-electron chi connectivity index (χ4n) is 5.55. The van der Waals surface area contributed by atoms with Gasteiger partial charge in [0.2, 0.25) is 0 Å². The van der Waals surface area contributed by atoms with Gasteiger partial charge in [0.05, 0.1) is 92.5 Å².